The van der Waals surface area contributed by atoms with Gasteiger partial charge >= 0.3 is 0 Å². The fraction of sp³-hybridized carbons (Fsp3) is 0.350. The highest BCUT2D eigenvalue weighted by atomic mass is 35.5. The lowest BCUT2D eigenvalue weighted by atomic mass is 10.1. The van der Waals surface area contributed by atoms with Crippen molar-refractivity contribution in [2.75, 3.05) is 12.4 Å². The Morgan fingerprint density at radius 2 is 1.84 bits per heavy atom. The van der Waals surface area contributed by atoms with E-state index in [4.69, 9.17) is 28.6 Å². The van der Waals surface area contributed by atoms with Gasteiger partial charge in [-0.3, -0.25) is 0 Å². The van der Waals surface area contributed by atoms with Crippen LogP contribution in [0.1, 0.15) is 31.2 Å². The maximum Gasteiger partial charge on any atom is 0.174 e. The molecule has 0 amide bonds. The molecule has 2 aromatic carbocycles. The van der Waals surface area contributed by atoms with Gasteiger partial charge in [0, 0.05) is 18.2 Å². The smallest absolute Gasteiger partial charge is 0.174 e. The Morgan fingerprint density at radius 3 is 2.56 bits per heavy atom. The Kier molecular flexibility index (Phi) is 6.16. The number of para-hydroxylation sites is 2. The van der Waals surface area contributed by atoms with Crippen molar-refractivity contribution >= 4 is 34.6 Å². The highest BCUT2D eigenvalue weighted by Gasteiger charge is 2.26. The zero-order valence-electron chi connectivity index (χ0n) is 14.4. The minimum atomic E-state index is 0.451. The number of rotatable bonds is 5. The number of anilines is 1. The number of nitrogens with zero attached hydrogens (tertiary/aromatic N) is 1. The summed E-state index contributed by atoms with van der Waals surface area (Å²) < 4.78 is 5.51. The predicted molar refractivity (Wildman–Crippen MR) is 108 cm³/mol. The summed E-state index contributed by atoms with van der Waals surface area (Å²) in [5.41, 5.74) is 1.98. The lowest BCUT2D eigenvalue weighted by Gasteiger charge is -2.32. The van der Waals surface area contributed by atoms with Crippen molar-refractivity contribution in [3.05, 3.63) is 59.1 Å². The van der Waals surface area contributed by atoms with Crippen LogP contribution >= 0.6 is 23.8 Å². The summed E-state index contributed by atoms with van der Waals surface area (Å²) in [6.07, 6.45) is 4.84. The molecule has 132 valence electrons. The molecule has 0 atom stereocenters. The quantitative estimate of drug-likeness (QED) is 0.699. The Bertz CT molecular complexity index is 731. The van der Waals surface area contributed by atoms with E-state index < -0.39 is 0 Å². The Hall–Kier alpha value is -1.78. The van der Waals surface area contributed by atoms with Crippen LogP contribution in [0.2, 0.25) is 5.02 Å². The molecule has 1 saturated carbocycles. The first-order valence-corrected chi connectivity index (χ1v) is 9.41. The predicted octanol–water partition coefficient (Wildman–Crippen LogP) is 5.49. The molecule has 0 aliphatic heterocycles. The van der Waals surface area contributed by atoms with Crippen molar-refractivity contribution < 1.29 is 4.74 Å². The number of benzene rings is 2. The molecule has 0 radical (unpaired) electrons. The second-order valence-electron chi connectivity index (χ2n) is 6.29. The molecule has 25 heavy (non-hydrogen) atoms. The van der Waals surface area contributed by atoms with Crippen LogP contribution in [0.15, 0.2) is 48.5 Å². The summed E-state index contributed by atoms with van der Waals surface area (Å²) in [5.74, 6) is 0.894. The zero-order chi connectivity index (χ0) is 17.6. The van der Waals surface area contributed by atoms with Gasteiger partial charge in [-0.2, -0.15) is 0 Å². The van der Waals surface area contributed by atoms with E-state index in [1.165, 1.54) is 25.7 Å². The Balaban J connectivity index is 1.82. The number of hydrogen-bond donors (Lipinski definition) is 1. The van der Waals surface area contributed by atoms with Gasteiger partial charge in [0.25, 0.3) is 0 Å². The second-order valence-corrected chi connectivity index (χ2v) is 7.08. The number of halogens is 1. The van der Waals surface area contributed by atoms with Gasteiger partial charge in [-0.05, 0) is 43.3 Å². The largest absolute Gasteiger partial charge is 0.496 e. The number of nitrogens with one attached hydrogen (secondary N) is 1. The topological polar surface area (TPSA) is 24.5 Å². The van der Waals surface area contributed by atoms with E-state index >= 15 is 0 Å². The van der Waals surface area contributed by atoms with Crippen molar-refractivity contribution in [1.82, 2.24) is 4.90 Å². The van der Waals surface area contributed by atoms with Crippen LogP contribution in [0.4, 0.5) is 5.69 Å². The van der Waals surface area contributed by atoms with Crippen LogP contribution in [0.3, 0.4) is 0 Å². The third kappa shape index (κ3) is 4.44. The molecular weight excluding hydrogens is 352 g/mol. The SMILES string of the molecule is COc1ccccc1CN(C(=S)Nc1ccccc1Cl)C1CCCC1. The average molecular weight is 375 g/mol. The maximum atomic E-state index is 6.28. The molecular formula is C20H23ClN2OS. The summed E-state index contributed by atoms with van der Waals surface area (Å²) in [5, 5.41) is 4.72. The fourth-order valence-electron chi connectivity index (χ4n) is 3.35. The molecule has 0 bridgehead atoms. The molecule has 1 aliphatic carbocycles. The molecule has 0 spiro atoms. The summed E-state index contributed by atoms with van der Waals surface area (Å²) in [6, 6.07) is 16.3. The molecule has 3 rings (SSSR count). The lowest BCUT2D eigenvalue weighted by molar-refractivity contribution is 0.305. The van der Waals surface area contributed by atoms with Gasteiger partial charge in [-0.25, -0.2) is 0 Å². The number of hydrogen-bond acceptors (Lipinski definition) is 2. The van der Waals surface area contributed by atoms with E-state index in [9.17, 15) is 0 Å². The summed E-state index contributed by atoms with van der Waals surface area (Å²) in [7, 11) is 1.71. The van der Waals surface area contributed by atoms with E-state index in [1.54, 1.807) is 7.11 Å². The van der Waals surface area contributed by atoms with Gasteiger partial charge in [-0.1, -0.05) is 54.8 Å². The van der Waals surface area contributed by atoms with E-state index in [0.29, 0.717) is 16.2 Å². The zero-order valence-corrected chi connectivity index (χ0v) is 15.9. The standard InChI is InChI=1S/C20H23ClN2OS/c1-24-19-13-7-2-8-15(19)14-23(16-9-3-4-10-16)20(25)22-18-12-6-5-11-17(18)21/h2,5-8,11-13,16H,3-4,9-10,14H2,1H3,(H,22,25). The third-order valence-corrected chi connectivity index (χ3v) is 5.34. The summed E-state index contributed by atoms with van der Waals surface area (Å²) in [4.78, 5) is 2.28. The van der Waals surface area contributed by atoms with Crippen LogP contribution in [0.5, 0.6) is 5.75 Å². The minimum Gasteiger partial charge on any atom is -0.496 e. The molecule has 3 nitrogen and oxygen atoms in total. The molecule has 5 heteroatoms. The highest BCUT2D eigenvalue weighted by molar-refractivity contribution is 7.80. The fourth-order valence-corrected chi connectivity index (χ4v) is 3.86. The normalized spacial score (nSPS) is 14.3. The van der Waals surface area contributed by atoms with Gasteiger partial charge in [0.1, 0.15) is 5.75 Å². The van der Waals surface area contributed by atoms with Crippen LogP contribution in [0, 0.1) is 0 Å². The van der Waals surface area contributed by atoms with Gasteiger partial charge < -0.3 is 15.0 Å². The summed E-state index contributed by atoms with van der Waals surface area (Å²) >= 11 is 12.0. The number of methoxy groups -OCH3 is 1. The molecule has 2 aromatic rings. The van der Waals surface area contributed by atoms with Crippen molar-refractivity contribution in [3.8, 4) is 5.75 Å². The molecule has 0 saturated heterocycles. The van der Waals surface area contributed by atoms with Crippen LogP contribution in [-0.2, 0) is 6.54 Å². The monoisotopic (exact) mass is 374 g/mol. The van der Waals surface area contributed by atoms with E-state index in [1.807, 2.05) is 42.5 Å². The van der Waals surface area contributed by atoms with Crippen molar-refractivity contribution in [1.29, 1.82) is 0 Å². The van der Waals surface area contributed by atoms with Gasteiger partial charge in [0.15, 0.2) is 5.11 Å². The van der Waals surface area contributed by atoms with Gasteiger partial charge in [-0.15, -0.1) is 0 Å². The molecule has 0 heterocycles. The first-order chi connectivity index (χ1) is 12.2. The second kappa shape index (κ2) is 8.54. The summed E-state index contributed by atoms with van der Waals surface area (Å²) in [6.45, 7) is 0.727. The van der Waals surface area contributed by atoms with E-state index in [0.717, 1.165) is 23.5 Å². The first kappa shape index (κ1) is 18.0. The first-order valence-electron chi connectivity index (χ1n) is 8.63. The number of thiocarbonyl (C=S) groups is 1. The van der Waals surface area contributed by atoms with Crippen LogP contribution < -0.4 is 10.1 Å². The minimum absolute atomic E-state index is 0.451. The highest BCUT2D eigenvalue weighted by Crippen LogP contribution is 2.29. The Labute approximate surface area is 159 Å². The van der Waals surface area contributed by atoms with Crippen molar-refractivity contribution in [2.45, 2.75) is 38.3 Å². The molecule has 1 fully saturated rings. The van der Waals surface area contributed by atoms with E-state index in [-0.39, 0.29) is 0 Å². The average Bonchev–Trinajstić information content (AvgIpc) is 3.16. The number of ether oxygens (including phenoxy) is 1. The molecule has 0 aromatic heterocycles. The van der Waals surface area contributed by atoms with Gasteiger partial charge in [0.2, 0.25) is 0 Å². The van der Waals surface area contributed by atoms with E-state index in [2.05, 4.69) is 16.3 Å². The van der Waals surface area contributed by atoms with Crippen molar-refractivity contribution in [3.63, 3.8) is 0 Å². The Morgan fingerprint density at radius 1 is 1.16 bits per heavy atom. The van der Waals surface area contributed by atoms with Crippen LogP contribution in [0.25, 0.3) is 0 Å². The maximum absolute atomic E-state index is 6.28. The molecule has 0 unspecified atom stereocenters. The third-order valence-electron chi connectivity index (χ3n) is 4.67. The van der Waals surface area contributed by atoms with Crippen molar-refractivity contribution in [2.24, 2.45) is 0 Å². The van der Waals surface area contributed by atoms with Gasteiger partial charge in [0.05, 0.1) is 17.8 Å². The lowest BCUT2D eigenvalue weighted by Crippen LogP contribution is -2.41. The molecule has 1 N–H and O–H groups in total. The van der Waals surface area contributed by atoms with Crippen LogP contribution in [-0.4, -0.2) is 23.2 Å². The molecule has 1 aliphatic rings.